The van der Waals surface area contributed by atoms with E-state index in [0.717, 1.165) is 95.8 Å². The van der Waals surface area contributed by atoms with Crippen LogP contribution in [0, 0.1) is 5.92 Å². The van der Waals surface area contributed by atoms with E-state index in [0.29, 0.717) is 25.7 Å². The van der Waals surface area contributed by atoms with Gasteiger partial charge < -0.3 is 33.8 Å². The van der Waals surface area contributed by atoms with Crippen molar-refractivity contribution in [3.8, 4) is 0 Å². The molecule has 5 atom stereocenters. The molecule has 2 unspecified atom stereocenters. The SMILES string of the molecule is CCCCCCCCCCCCCCCCCCCC(=O)O[C@H](COC(=O)CCCCCCCCCCCCCCCCC)COP(=O)(O)OC[C@@H](O)COP(=O)(O)OC[C@@H](COC(=O)CCCCCCCCCCCCCCC)OC(=O)CCCCCCCCCCCCCC(C)C. The van der Waals surface area contributed by atoms with Gasteiger partial charge in [-0.15, -0.1) is 0 Å². The average molecular weight is 1450 g/mol. The molecule has 0 aromatic rings. The molecule has 0 aliphatic carbocycles. The molecule has 0 aromatic heterocycles. The number of carbonyl (C=O) groups excluding carboxylic acids is 4. The standard InChI is InChI=1S/C80H156O17P2/c1-6-9-12-15-18-21-24-27-29-30-32-35-40-45-50-55-60-65-79(84)96-75(69-91-78(83)64-59-54-49-44-39-34-31-28-25-22-19-16-13-10-7-2)71-94-98(86,87)92-67-74(81)68-93-99(88,89)95-72-76(70-90-77(82)63-58-53-48-43-38-33-26-23-20-17-14-11-8-3)97-80(85)66-61-56-51-46-41-36-37-42-47-52-57-62-73(4)5/h73-76,81H,6-72H2,1-5H3,(H,86,87)(H,88,89)/t74-,75-,76-/m1/s1. The topological polar surface area (TPSA) is 237 Å². The predicted octanol–water partition coefficient (Wildman–Crippen LogP) is 24.0. The second-order valence-corrected chi connectivity index (χ2v) is 32.2. The van der Waals surface area contributed by atoms with Crippen molar-refractivity contribution < 1.29 is 80.2 Å². The Morgan fingerprint density at radius 2 is 0.465 bits per heavy atom. The first-order chi connectivity index (χ1) is 48.0. The molecule has 0 heterocycles. The van der Waals surface area contributed by atoms with Crippen molar-refractivity contribution in [2.24, 2.45) is 5.92 Å². The molecule has 0 spiro atoms. The summed E-state index contributed by atoms with van der Waals surface area (Å²) in [6.07, 6.45) is 63.6. The maximum Gasteiger partial charge on any atom is 0.472 e. The van der Waals surface area contributed by atoms with Crippen LogP contribution in [0.25, 0.3) is 0 Å². The number of carbonyl (C=O) groups is 4. The quantitative estimate of drug-likeness (QED) is 0.0222. The highest BCUT2D eigenvalue weighted by atomic mass is 31.2. The Balaban J connectivity index is 5.27. The van der Waals surface area contributed by atoms with Crippen molar-refractivity contribution in [2.75, 3.05) is 39.6 Å². The molecule has 588 valence electrons. The van der Waals surface area contributed by atoms with Crippen LogP contribution in [0.1, 0.15) is 426 Å². The zero-order valence-electron chi connectivity index (χ0n) is 64.6. The van der Waals surface area contributed by atoms with Crippen molar-refractivity contribution in [3.63, 3.8) is 0 Å². The highest BCUT2D eigenvalue weighted by Crippen LogP contribution is 2.45. The van der Waals surface area contributed by atoms with Crippen molar-refractivity contribution >= 4 is 39.5 Å². The fraction of sp³-hybridized carbons (Fsp3) is 0.950. The summed E-state index contributed by atoms with van der Waals surface area (Å²) >= 11 is 0. The summed E-state index contributed by atoms with van der Waals surface area (Å²) in [6.45, 7) is 7.34. The van der Waals surface area contributed by atoms with Gasteiger partial charge in [0.2, 0.25) is 0 Å². The lowest BCUT2D eigenvalue weighted by Crippen LogP contribution is -2.30. The summed E-state index contributed by atoms with van der Waals surface area (Å²) in [5.41, 5.74) is 0. The third-order valence-electron chi connectivity index (χ3n) is 18.8. The van der Waals surface area contributed by atoms with Crippen molar-refractivity contribution in [1.29, 1.82) is 0 Å². The summed E-state index contributed by atoms with van der Waals surface area (Å²) in [4.78, 5) is 73.0. The van der Waals surface area contributed by atoms with E-state index in [1.165, 1.54) is 250 Å². The number of phosphoric ester groups is 2. The summed E-state index contributed by atoms with van der Waals surface area (Å²) in [7, 11) is -9.92. The second-order valence-electron chi connectivity index (χ2n) is 29.3. The van der Waals surface area contributed by atoms with Gasteiger partial charge in [-0.05, 0) is 31.6 Å². The number of hydrogen-bond acceptors (Lipinski definition) is 15. The van der Waals surface area contributed by atoms with Gasteiger partial charge in [0.15, 0.2) is 12.2 Å². The van der Waals surface area contributed by atoms with Crippen molar-refractivity contribution in [2.45, 2.75) is 445 Å². The van der Waals surface area contributed by atoms with E-state index in [1.807, 2.05) is 0 Å². The van der Waals surface area contributed by atoms with Crippen LogP contribution in [0.5, 0.6) is 0 Å². The summed E-state index contributed by atoms with van der Waals surface area (Å²) in [6, 6.07) is 0. The molecule has 0 aromatic carbocycles. The summed E-state index contributed by atoms with van der Waals surface area (Å²) < 4.78 is 68.7. The van der Waals surface area contributed by atoms with Gasteiger partial charge in [0.05, 0.1) is 26.4 Å². The molecule has 0 fully saturated rings. The molecule has 0 rings (SSSR count). The van der Waals surface area contributed by atoms with Gasteiger partial charge in [0.25, 0.3) is 0 Å². The van der Waals surface area contributed by atoms with E-state index in [-0.39, 0.29) is 25.7 Å². The number of rotatable bonds is 80. The van der Waals surface area contributed by atoms with Crippen LogP contribution in [0.3, 0.4) is 0 Å². The fourth-order valence-electron chi connectivity index (χ4n) is 12.4. The number of esters is 4. The number of hydrogen-bond donors (Lipinski definition) is 3. The lowest BCUT2D eigenvalue weighted by atomic mass is 10.0. The minimum atomic E-state index is -4.96. The van der Waals surface area contributed by atoms with Gasteiger partial charge in [-0.25, -0.2) is 9.13 Å². The van der Waals surface area contributed by atoms with Crippen molar-refractivity contribution in [1.82, 2.24) is 0 Å². The molecule has 0 bridgehead atoms. The number of ether oxygens (including phenoxy) is 4. The van der Waals surface area contributed by atoms with Gasteiger partial charge in [0.1, 0.15) is 19.3 Å². The van der Waals surface area contributed by atoms with Crippen LogP contribution in [-0.4, -0.2) is 96.7 Å². The van der Waals surface area contributed by atoms with E-state index in [1.54, 1.807) is 0 Å². The molecule has 0 saturated heterocycles. The zero-order valence-corrected chi connectivity index (χ0v) is 66.4. The van der Waals surface area contributed by atoms with Crippen LogP contribution >= 0.6 is 15.6 Å². The molecular formula is C80H156O17P2. The van der Waals surface area contributed by atoms with E-state index >= 15 is 0 Å². The molecule has 0 radical (unpaired) electrons. The smallest absolute Gasteiger partial charge is 0.462 e. The lowest BCUT2D eigenvalue weighted by Gasteiger charge is -2.21. The van der Waals surface area contributed by atoms with Crippen LogP contribution < -0.4 is 0 Å². The van der Waals surface area contributed by atoms with Crippen molar-refractivity contribution in [3.05, 3.63) is 0 Å². The van der Waals surface area contributed by atoms with Crippen LogP contribution in [0.4, 0.5) is 0 Å². The molecule has 19 heteroatoms. The van der Waals surface area contributed by atoms with Crippen LogP contribution in [-0.2, 0) is 65.4 Å². The number of phosphoric acid groups is 2. The molecule has 99 heavy (non-hydrogen) atoms. The Bertz CT molecular complexity index is 1890. The van der Waals surface area contributed by atoms with Crippen LogP contribution in [0.15, 0.2) is 0 Å². The molecule has 0 aliphatic rings. The molecule has 17 nitrogen and oxygen atoms in total. The third-order valence-corrected chi connectivity index (χ3v) is 20.7. The largest absolute Gasteiger partial charge is 0.472 e. The molecular weight excluding hydrogens is 1290 g/mol. The Morgan fingerprint density at radius 1 is 0.273 bits per heavy atom. The number of unbranched alkanes of at least 4 members (excludes halogenated alkanes) is 52. The predicted molar refractivity (Wildman–Crippen MR) is 405 cm³/mol. The number of aliphatic hydroxyl groups excluding tert-OH is 1. The molecule has 3 N–H and O–H groups in total. The van der Waals surface area contributed by atoms with E-state index in [9.17, 15) is 43.2 Å². The van der Waals surface area contributed by atoms with E-state index < -0.39 is 97.5 Å². The first-order valence-corrected chi connectivity index (χ1v) is 44.6. The molecule has 0 amide bonds. The summed E-state index contributed by atoms with van der Waals surface area (Å²) in [5, 5.41) is 10.6. The summed E-state index contributed by atoms with van der Waals surface area (Å²) in [5.74, 6) is -1.34. The first kappa shape index (κ1) is 97.1. The van der Waals surface area contributed by atoms with E-state index in [2.05, 4.69) is 34.6 Å². The highest BCUT2D eigenvalue weighted by Gasteiger charge is 2.30. The Labute approximate surface area is 607 Å². The lowest BCUT2D eigenvalue weighted by molar-refractivity contribution is -0.161. The normalized spacial score (nSPS) is 13.9. The average Bonchev–Trinajstić information content (AvgIpc) is 1.18. The maximum atomic E-state index is 13.1. The number of aliphatic hydroxyl groups is 1. The van der Waals surface area contributed by atoms with Gasteiger partial charge in [-0.1, -0.05) is 375 Å². The maximum absolute atomic E-state index is 13.1. The monoisotopic (exact) mass is 1450 g/mol. The minimum Gasteiger partial charge on any atom is -0.462 e. The minimum absolute atomic E-state index is 0.107. The van der Waals surface area contributed by atoms with Crippen LogP contribution in [0.2, 0.25) is 0 Å². The molecule has 0 aliphatic heterocycles. The Kier molecular flexibility index (Phi) is 71.6. The highest BCUT2D eigenvalue weighted by molar-refractivity contribution is 7.47. The van der Waals surface area contributed by atoms with Gasteiger partial charge in [-0.3, -0.25) is 37.3 Å². The van der Waals surface area contributed by atoms with Gasteiger partial charge >= 0.3 is 39.5 Å². The fourth-order valence-corrected chi connectivity index (χ4v) is 14.0. The van der Waals surface area contributed by atoms with Gasteiger partial charge in [-0.2, -0.15) is 0 Å². The zero-order chi connectivity index (χ0) is 72.7. The van der Waals surface area contributed by atoms with Gasteiger partial charge in [0, 0.05) is 25.7 Å². The molecule has 0 saturated carbocycles. The second kappa shape index (κ2) is 73.0. The Hall–Kier alpha value is -1.94. The first-order valence-electron chi connectivity index (χ1n) is 41.6. The third kappa shape index (κ3) is 74.1. The Morgan fingerprint density at radius 3 is 0.687 bits per heavy atom. The van der Waals surface area contributed by atoms with E-state index in [4.69, 9.17) is 37.0 Å².